The molecule has 3 unspecified atom stereocenters. The maximum Gasteiger partial charge on any atom is 0.344 e. The molecule has 0 saturated heterocycles. The van der Waals surface area contributed by atoms with Gasteiger partial charge in [0.1, 0.15) is 11.3 Å². The van der Waals surface area contributed by atoms with Gasteiger partial charge in [-0.05, 0) is 69.6 Å². The lowest BCUT2D eigenvalue weighted by Crippen LogP contribution is -2.57. The Labute approximate surface area is 227 Å². The van der Waals surface area contributed by atoms with Crippen molar-refractivity contribution in [2.45, 2.75) is 105 Å². The van der Waals surface area contributed by atoms with Crippen molar-refractivity contribution in [3.8, 4) is 0 Å². The summed E-state index contributed by atoms with van der Waals surface area (Å²) in [5, 5.41) is 11.7. The molecule has 6 heteroatoms. The average Bonchev–Trinajstić information content (AvgIpc) is 3.14. The van der Waals surface area contributed by atoms with Crippen molar-refractivity contribution in [1.29, 1.82) is 0 Å². The molecule has 0 radical (unpaired) electrons. The number of nitrogens with two attached hydrogens (primary N) is 1. The van der Waals surface area contributed by atoms with Gasteiger partial charge in [-0.2, -0.15) is 0 Å². The number of rotatable bonds is 8. The molecule has 38 heavy (non-hydrogen) atoms. The fourth-order valence-corrected chi connectivity index (χ4v) is 7.66. The molecule has 0 aliphatic heterocycles. The number of hydrogen-bond acceptors (Lipinski definition) is 6. The number of aliphatic hydroxyl groups is 1. The number of carbonyl (C=O) groups excluding carboxylic acids is 3. The van der Waals surface area contributed by atoms with Crippen LogP contribution in [0, 0.1) is 28.6 Å². The zero-order chi connectivity index (χ0) is 28.2. The first kappa shape index (κ1) is 28.5. The van der Waals surface area contributed by atoms with E-state index in [0.717, 1.165) is 49.7 Å². The van der Waals surface area contributed by atoms with Crippen molar-refractivity contribution in [2.75, 3.05) is 0 Å². The number of esters is 1. The standard InChI is InChI=1S/C32H45NO5/c1-8-9-10-11-22-25(29(37)38-32(33)17-20-14-15-31(32,7)30(20,5)6)27(35)24(28(36)26(22)34)23-16-19(4)12-13-21(23)18(2)3/h16,20-21,23,35H,2,8-15,17,33H2,1,3-7H3/t20?,21-,23+,31?,32?/m0/s1. The summed E-state index contributed by atoms with van der Waals surface area (Å²) in [7, 11) is 0. The van der Waals surface area contributed by atoms with Gasteiger partial charge in [-0.15, -0.1) is 0 Å². The van der Waals surface area contributed by atoms with Gasteiger partial charge in [0.05, 0.1) is 5.57 Å². The van der Waals surface area contributed by atoms with E-state index in [2.05, 4.69) is 27.4 Å². The van der Waals surface area contributed by atoms with Crippen LogP contribution in [0.4, 0.5) is 0 Å². The first-order valence-corrected chi connectivity index (χ1v) is 14.3. The van der Waals surface area contributed by atoms with Gasteiger partial charge in [-0.25, -0.2) is 4.79 Å². The first-order chi connectivity index (χ1) is 17.7. The van der Waals surface area contributed by atoms with Gasteiger partial charge in [0.2, 0.25) is 11.6 Å². The van der Waals surface area contributed by atoms with Gasteiger partial charge in [0.15, 0.2) is 5.72 Å². The fourth-order valence-electron chi connectivity index (χ4n) is 7.66. The summed E-state index contributed by atoms with van der Waals surface area (Å²) in [6.07, 6.45) is 8.56. The second-order valence-corrected chi connectivity index (χ2v) is 13.0. The number of carbonyl (C=O) groups is 3. The van der Waals surface area contributed by atoms with Crippen molar-refractivity contribution in [3.05, 3.63) is 46.3 Å². The van der Waals surface area contributed by atoms with Crippen LogP contribution in [0.5, 0.6) is 0 Å². The molecule has 208 valence electrons. The third-order valence-electron chi connectivity index (χ3n) is 10.7. The lowest BCUT2D eigenvalue weighted by Gasteiger charge is -2.45. The number of fused-ring (bicyclic) bond motifs is 2. The first-order valence-electron chi connectivity index (χ1n) is 14.3. The van der Waals surface area contributed by atoms with Gasteiger partial charge >= 0.3 is 5.97 Å². The van der Waals surface area contributed by atoms with Crippen LogP contribution < -0.4 is 5.73 Å². The van der Waals surface area contributed by atoms with E-state index < -0.39 is 40.4 Å². The van der Waals surface area contributed by atoms with Crippen LogP contribution in [0.2, 0.25) is 0 Å². The number of ketones is 2. The molecule has 4 aliphatic carbocycles. The second kappa shape index (κ2) is 9.93. The Hall–Kier alpha value is -2.47. The molecule has 0 aromatic carbocycles. The zero-order valence-corrected chi connectivity index (χ0v) is 24.0. The Kier molecular flexibility index (Phi) is 7.46. The van der Waals surface area contributed by atoms with Crippen molar-refractivity contribution >= 4 is 17.5 Å². The SMILES string of the molecule is C=C(C)[C@@H]1CCC(C)=C[C@H]1C1=C(O)C(C(=O)OC2(N)CC3CCC2(C)C3(C)C)=C(CCCCC)C(=O)C1=O. The highest BCUT2D eigenvalue weighted by molar-refractivity contribution is 6.51. The number of allylic oxidation sites excluding steroid dienone is 5. The molecule has 0 aromatic heterocycles. The van der Waals surface area contributed by atoms with Crippen LogP contribution in [0.1, 0.15) is 99.3 Å². The van der Waals surface area contributed by atoms with Gasteiger partial charge < -0.3 is 9.84 Å². The minimum atomic E-state index is -1.22. The highest BCUT2D eigenvalue weighted by Gasteiger charge is 2.69. The molecule has 6 nitrogen and oxygen atoms in total. The summed E-state index contributed by atoms with van der Waals surface area (Å²) >= 11 is 0. The summed E-state index contributed by atoms with van der Waals surface area (Å²) < 4.78 is 6.12. The van der Waals surface area contributed by atoms with E-state index in [9.17, 15) is 19.5 Å². The third kappa shape index (κ3) is 4.24. The van der Waals surface area contributed by atoms with Crippen LogP contribution in [-0.2, 0) is 19.1 Å². The van der Waals surface area contributed by atoms with Crippen molar-refractivity contribution in [3.63, 3.8) is 0 Å². The number of Topliss-reactive ketones (excluding diaryl/α,β-unsaturated/α-hetero) is 2. The Balaban J connectivity index is 1.81. The molecule has 2 saturated carbocycles. The molecule has 4 aliphatic rings. The third-order valence-corrected chi connectivity index (χ3v) is 10.7. The molecule has 0 heterocycles. The maximum atomic E-state index is 14.0. The summed E-state index contributed by atoms with van der Waals surface area (Å²) in [4.78, 5) is 41.1. The van der Waals surface area contributed by atoms with Crippen LogP contribution in [0.15, 0.2) is 46.3 Å². The van der Waals surface area contributed by atoms with E-state index in [1.807, 2.05) is 26.8 Å². The molecule has 4 rings (SSSR count). The van der Waals surface area contributed by atoms with Crippen LogP contribution >= 0.6 is 0 Å². The number of aliphatic hydroxyl groups excluding tert-OH is 1. The van der Waals surface area contributed by atoms with E-state index in [-0.39, 0.29) is 34.5 Å². The molecular weight excluding hydrogens is 478 g/mol. The Morgan fingerprint density at radius 1 is 1.18 bits per heavy atom. The normalized spacial score (nSPS) is 34.6. The monoisotopic (exact) mass is 523 g/mol. The molecular formula is C32H45NO5. The lowest BCUT2D eigenvalue weighted by atomic mass is 9.67. The van der Waals surface area contributed by atoms with Crippen molar-refractivity contribution < 1.29 is 24.2 Å². The maximum absolute atomic E-state index is 14.0. The molecule has 3 N–H and O–H groups in total. The largest absolute Gasteiger partial charge is 0.507 e. The minimum absolute atomic E-state index is 0.0150. The predicted molar refractivity (Wildman–Crippen MR) is 148 cm³/mol. The molecule has 0 amide bonds. The number of ether oxygens (including phenoxy) is 1. The van der Waals surface area contributed by atoms with E-state index in [0.29, 0.717) is 18.8 Å². The quantitative estimate of drug-likeness (QED) is 0.0949. The highest BCUT2D eigenvalue weighted by atomic mass is 16.6. The second-order valence-electron chi connectivity index (χ2n) is 13.0. The van der Waals surface area contributed by atoms with Gasteiger partial charge in [-0.3, -0.25) is 15.3 Å². The van der Waals surface area contributed by atoms with Crippen LogP contribution in [-0.4, -0.2) is 28.4 Å². The van der Waals surface area contributed by atoms with Crippen molar-refractivity contribution in [1.82, 2.24) is 0 Å². The predicted octanol–water partition coefficient (Wildman–Crippen LogP) is 6.42. The molecule has 0 spiro atoms. The summed E-state index contributed by atoms with van der Waals surface area (Å²) in [5.74, 6) is -3.00. The fraction of sp³-hybridized carbons (Fsp3) is 0.656. The highest BCUT2D eigenvalue weighted by Crippen LogP contribution is 2.69. The zero-order valence-electron chi connectivity index (χ0n) is 24.0. The Bertz CT molecular complexity index is 1170. The Morgan fingerprint density at radius 3 is 2.42 bits per heavy atom. The molecule has 5 atom stereocenters. The van der Waals surface area contributed by atoms with E-state index in [1.165, 1.54) is 0 Å². The summed E-state index contributed by atoms with van der Waals surface area (Å²) in [6.45, 7) is 16.5. The molecule has 2 bridgehead atoms. The topological polar surface area (TPSA) is 107 Å². The van der Waals surface area contributed by atoms with Gasteiger partial charge in [0.25, 0.3) is 0 Å². The summed E-state index contributed by atoms with van der Waals surface area (Å²) in [5.41, 5.74) is 6.91. The van der Waals surface area contributed by atoms with Crippen LogP contribution in [0.25, 0.3) is 0 Å². The van der Waals surface area contributed by atoms with Crippen LogP contribution in [0.3, 0.4) is 0 Å². The van der Waals surface area contributed by atoms with E-state index >= 15 is 0 Å². The van der Waals surface area contributed by atoms with E-state index in [1.54, 1.807) is 0 Å². The Morgan fingerprint density at radius 2 is 1.87 bits per heavy atom. The minimum Gasteiger partial charge on any atom is -0.507 e. The van der Waals surface area contributed by atoms with Gasteiger partial charge in [0, 0.05) is 23.3 Å². The lowest BCUT2D eigenvalue weighted by molar-refractivity contribution is -0.173. The summed E-state index contributed by atoms with van der Waals surface area (Å²) in [6, 6.07) is 0. The number of hydrogen-bond donors (Lipinski definition) is 2. The number of unbranched alkanes of at least 4 members (excludes halogenated alkanes) is 2. The average molecular weight is 524 g/mol. The molecule has 0 aromatic rings. The van der Waals surface area contributed by atoms with E-state index in [4.69, 9.17) is 10.5 Å². The van der Waals surface area contributed by atoms with Crippen molar-refractivity contribution in [2.24, 2.45) is 34.3 Å². The van der Waals surface area contributed by atoms with Gasteiger partial charge in [-0.1, -0.05) is 64.3 Å². The molecule has 2 fully saturated rings. The smallest absolute Gasteiger partial charge is 0.344 e.